The standard InChI is InChI=1S/C13H27N3O3S/c1-13(7-3-10-19-11-13)15-20(17,18)16(2)9-4-8-14-12-5-6-12/h12,14-15H,3-11H2,1-2H3. The van der Waals surface area contributed by atoms with Gasteiger partial charge in [-0.1, -0.05) is 0 Å². The Morgan fingerprint density at radius 1 is 1.40 bits per heavy atom. The number of rotatable bonds is 8. The molecular weight excluding hydrogens is 278 g/mol. The van der Waals surface area contributed by atoms with E-state index in [1.54, 1.807) is 7.05 Å². The molecule has 1 heterocycles. The monoisotopic (exact) mass is 305 g/mol. The van der Waals surface area contributed by atoms with E-state index in [-0.39, 0.29) is 0 Å². The zero-order chi connectivity index (χ0) is 14.6. The molecule has 0 aromatic carbocycles. The molecule has 2 rings (SSSR count). The van der Waals surface area contributed by atoms with Crippen LogP contribution in [0.25, 0.3) is 0 Å². The van der Waals surface area contributed by atoms with Gasteiger partial charge in [0.1, 0.15) is 0 Å². The van der Waals surface area contributed by atoms with Crippen LogP contribution in [0, 0.1) is 0 Å². The van der Waals surface area contributed by atoms with E-state index in [0.717, 1.165) is 32.4 Å². The van der Waals surface area contributed by atoms with E-state index >= 15 is 0 Å². The molecule has 0 aromatic heterocycles. The second kappa shape index (κ2) is 6.70. The summed E-state index contributed by atoms with van der Waals surface area (Å²) in [5, 5.41) is 3.39. The van der Waals surface area contributed by atoms with Crippen molar-refractivity contribution in [3.8, 4) is 0 Å². The highest BCUT2D eigenvalue weighted by Gasteiger charge is 2.33. The van der Waals surface area contributed by atoms with E-state index in [1.165, 1.54) is 17.1 Å². The molecule has 1 saturated carbocycles. The third-order valence-electron chi connectivity index (χ3n) is 3.88. The zero-order valence-corrected chi connectivity index (χ0v) is 13.3. The van der Waals surface area contributed by atoms with Crippen molar-refractivity contribution >= 4 is 10.2 Å². The molecule has 20 heavy (non-hydrogen) atoms. The third-order valence-corrected chi connectivity index (χ3v) is 5.64. The van der Waals surface area contributed by atoms with Crippen LogP contribution in [-0.4, -0.2) is 57.7 Å². The van der Waals surface area contributed by atoms with Crippen molar-refractivity contribution in [1.29, 1.82) is 0 Å². The molecule has 1 aliphatic heterocycles. The average molecular weight is 305 g/mol. The summed E-state index contributed by atoms with van der Waals surface area (Å²) in [5.74, 6) is 0. The molecule has 7 heteroatoms. The molecule has 1 saturated heterocycles. The van der Waals surface area contributed by atoms with Gasteiger partial charge < -0.3 is 10.1 Å². The Labute approximate surface area is 122 Å². The van der Waals surface area contributed by atoms with Gasteiger partial charge in [-0.25, -0.2) is 0 Å². The van der Waals surface area contributed by atoms with Crippen molar-refractivity contribution in [2.24, 2.45) is 0 Å². The summed E-state index contributed by atoms with van der Waals surface area (Å²) in [6.07, 6.45) is 5.07. The first-order valence-electron chi connectivity index (χ1n) is 7.48. The summed E-state index contributed by atoms with van der Waals surface area (Å²) in [6, 6.07) is 0.674. The van der Waals surface area contributed by atoms with E-state index in [2.05, 4.69) is 10.0 Å². The van der Waals surface area contributed by atoms with Crippen LogP contribution in [0.15, 0.2) is 0 Å². The molecular formula is C13H27N3O3S. The highest BCUT2D eigenvalue weighted by molar-refractivity contribution is 7.87. The van der Waals surface area contributed by atoms with Gasteiger partial charge in [0.05, 0.1) is 12.1 Å². The fourth-order valence-corrected chi connectivity index (χ4v) is 3.73. The SMILES string of the molecule is CN(CCCNC1CC1)S(=O)(=O)NC1(C)CCCOC1. The topological polar surface area (TPSA) is 70.7 Å². The lowest BCUT2D eigenvalue weighted by atomic mass is 9.97. The highest BCUT2D eigenvalue weighted by atomic mass is 32.2. The summed E-state index contributed by atoms with van der Waals surface area (Å²) in [6.45, 7) is 4.49. The van der Waals surface area contributed by atoms with Crippen LogP contribution >= 0.6 is 0 Å². The third kappa shape index (κ3) is 4.96. The number of nitrogens with zero attached hydrogens (tertiary/aromatic N) is 1. The quantitative estimate of drug-likeness (QED) is 0.639. The Morgan fingerprint density at radius 2 is 2.15 bits per heavy atom. The number of nitrogens with one attached hydrogen (secondary N) is 2. The van der Waals surface area contributed by atoms with Crippen molar-refractivity contribution in [3.63, 3.8) is 0 Å². The van der Waals surface area contributed by atoms with Crippen LogP contribution in [0.3, 0.4) is 0 Å². The average Bonchev–Trinajstić information content (AvgIpc) is 3.18. The van der Waals surface area contributed by atoms with Gasteiger partial charge in [0, 0.05) is 26.2 Å². The predicted octanol–water partition coefficient (Wildman–Crippen LogP) is 0.464. The van der Waals surface area contributed by atoms with E-state index in [1.807, 2.05) is 6.92 Å². The summed E-state index contributed by atoms with van der Waals surface area (Å²) in [4.78, 5) is 0. The molecule has 0 amide bonds. The second-order valence-electron chi connectivity index (χ2n) is 6.23. The molecule has 2 fully saturated rings. The Balaban J connectivity index is 1.75. The first-order chi connectivity index (χ1) is 9.41. The van der Waals surface area contributed by atoms with Crippen molar-refractivity contribution in [1.82, 2.24) is 14.3 Å². The van der Waals surface area contributed by atoms with Crippen molar-refractivity contribution < 1.29 is 13.2 Å². The highest BCUT2D eigenvalue weighted by Crippen LogP contribution is 2.20. The molecule has 1 unspecified atom stereocenters. The van der Waals surface area contributed by atoms with Crippen molar-refractivity contribution in [3.05, 3.63) is 0 Å². The zero-order valence-electron chi connectivity index (χ0n) is 12.5. The molecule has 0 spiro atoms. The molecule has 118 valence electrons. The first kappa shape index (κ1) is 16.2. The normalized spacial score (nSPS) is 27.9. The lowest BCUT2D eigenvalue weighted by Gasteiger charge is -2.35. The van der Waals surface area contributed by atoms with Crippen LogP contribution in [-0.2, 0) is 14.9 Å². The minimum atomic E-state index is -3.43. The minimum absolute atomic E-state index is 0.448. The minimum Gasteiger partial charge on any atom is -0.380 e. The lowest BCUT2D eigenvalue weighted by molar-refractivity contribution is 0.0380. The fourth-order valence-electron chi connectivity index (χ4n) is 2.42. The number of hydrogen-bond donors (Lipinski definition) is 2. The maximum atomic E-state index is 12.3. The molecule has 1 atom stereocenters. The Bertz CT molecular complexity index is 403. The second-order valence-corrected chi connectivity index (χ2v) is 8.00. The van der Waals surface area contributed by atoms with Gasteiger partial charge in [-0.15, -0.1) is 0 Å². The summed E-state index contributed by atoms with van der Waals surface area (Å²) in [5.41, 5.74) is -0.475. The van der Waals surface area contributed by atoms with Crippen LogP contribution in [0.1, 0.15) is 39.0 Å². The van der Waals surface area contributed by atoms with Gasteiger partial charge in [-0.3, -0.25) is 0 Å². The molecule has 1 aliphatic carbocycles. The van der Waals surface area contributed by atoms with Gasteiger partial charge >= 0.3 is 0 Å². The van der Waals surface area contributed by atoms with E-state index in [9.17, 15) is 8.42 Å². The smallest absolute Gasteiger partial charge is 0.279 e. The summed E-state index contributed by atoms with van der Waals surface area (Å²) < 4.78 is 34.1. The molecule has 0 bridgehead atoms. The Morgan fingerprint density at radius 3 is 2.75 bits per heavy atom. The van der Waals surface area contributed by atoms with Gasteiger partial charge in [0.2, 0.25) is 0 Å². The molecule has 2 aliphatic rings. The van der Waals surface area contributed by atoms with Crippen LogP contribution in [0.4, 0.5) is 0 Å². The van der Waals surface area contributed by atoms with E-state index in [0.29, 0.717) is 19.2 Å². The molecule has 2 N–H and O–H groups in total. The van der Waals surface area contributed by atoms with E-state index in [4.69, 9.17) is 4.74 Å². The van der Waals surface area contributed by atoms with Gasteiger partial charge in [0.15, 0.2) is 0 Å². The predicted molar refractivity (Wildman–Crippen MR) is 78.8 cm³/mol. The van der Waals surface area contributed by atoms with E-state index < -0.39 is 15.7 Å². The van der Waals surface area contributed by atoms with Crippen molar-refractivity contribution in [2.45, 2.75) is 50.6 Å². The molecule has 0 radical (unpaired) electrons. The van der Waals surface area contributed by atoms with Gasteiger partial charge in [-0.05, 0) is 45.6 Å². The molecule has 6 nitrogen and oxygen atoms in total. The van der Waals surface area contributed by atoms with Gasteiger partial charge in [-0.2, -0.15) is 17.4 Å². The van der Waals surface area contributed by atoms with Crippen molar-refractivity contribution in [2.75, 3.05) is 33.4 Å². The first-order valence-corrected chi connectivity index (χ1v) is 8.92. The van der Waals surface area contributed by atoms with Crippen LogP contribution in [0.5, 0.6) is 0 Å². The van der Waals surface area contributed by atoms with Crippen LogP contribution in [0.2, 0.25) is 0 Å². The number of ether oxygens (including phenoxy) is 1. The Hall–Kier alpha value is -0.210. The summed E-state index contributed by atoms with van der Waals surface area (Å²) in [7, 11) is -1.80. The maximum Gasteiger partial charge on any atom is 0.279 e. The largest absolute Gasteiger partial charge is 0.380 e. The Kier molecular flexibility index (Phi) is 5.42. The summed E-state index contributed by atoms with van der Waals surface area (Å²) >= 11 is 0. The molecule has 0 aromatic rings. The lowest BCUT2D eigenvalue weighted by Crippen LogP contribution is -2.55. The fraction of sp³-hybridized carbons (Fsp3) is 1.00. The van der Waals surface area contributed by atoms with Gasteiger partial charge in [0.25, 0.3) is 10.2 Å². The number of hydrogen-bond acceptors (Lipinski definition) is 4. The van der Waals surface area contributed by atoms with Crippen LogP contribution < -0.4 is 10.0 Å². The maximum absolute atomic E-state index is 12.3.